The number of carbonyl (C=O) groups excluding carboxylic acids is 1. The molecule has 0 spiro atoms. The van der Waals surface area contributed by atoms with E-state index in [1.165, 1.54) is 0 Å². The molecule has 0 aromatic carbocycles. The maximum atomic E-state index is 11.1. The van der Waals surface area contributed by atoms with Crippen LogP contribution >= 0.6 is 0 Å². The Labute approximate surface area is 111 Å². The summed E-state index contributed by atoms with van der Waals surface area (Å²) in [5.74, 6) is -0.0834. The fourth-order valence-corrected chi connectivity index (χ4v) is 1.68. The van der Waals surface area contributed by atoms with E-state index in [2.05, 4.69) is 6.92 Å². The zero-order valence-electron chi connectivity index (χ0n) is 12.1. The first-order valence-corrected chi connectivity index (χ1v) is 7.00. The molecule has 4 heteroatoms. The number of hydrogen-bond donors (Lipinski definition) is 0. The molecule has 1 unspecified atom stereocenters. The van der Waals surface area contributed by atoms with Gasteiger partial charge in [-0.15, -0.1) is 0 Å². The molecule has 0 saturated heterocycles. The van der Waals surface area contributed by atoms with Gasteiger partial charge in [0, 0.05) is 20.1 Å². The van der Waals surface area contributed by atoms with Crippen molar-refractivity contribution < 1.29 is 19.0 Å². The van der Waals surface area contributed by atoms with Crippen molar-refractivity contribution in [1.29, 1.82) is 0 Å². The molecular weight excluding hydrogens is 232 g/mol. The Hall–Kier alpha value is -0.610. The van der Waals surface area contributed by atoms with Gasteiger partial charge in [-0.1, -0.05) is 19.8 Å². The Balaban J connectivity index is 3.27. The lowest BCUT2D eigenvalue weighted by Gasteiger charge is -2.14. The second kappa shape index (κ2) is 12.8. The predicted molar refractivity (Wildman–Crippen MR) is 71.6 cm³/mol. The Bertz CT molecular complexity index is 194. The summed E-state index contributed by atoms with van der Waals surface area (Å²) in [6.07, 6.45) is 5.85. The van der Waals surface area contributed by atoms with Crippen LogP contribution in [0.25, 0.3) is 0 Å². The quantitative estimate of drug-likeness (QED) is 0.400. The molecule has 0 bridgehead atoms. The number of rotatable bonds is 12. The Morgan fingerprint density at radius 3 is 2.44 bits per heavy atom. The van der Waals surface area contributed by atoms with Crippen molar-refractivity contribution in [2.75, 3.05) is 26.9 Å². The molecule has 0 aliphatic heterocycles. The molecule has 0 N–H and O–H groups in total. The van der Waals surface area contributed by atoms with Gasteiger partial charge in [0.15, 0.2) is 0 Å². The number of esters is 1. The SMILES string of the molecule is CCOC(=O)CCCCCCOC(CC)COC. The maximum absolute atomic E-state index is 11.1. The van der Waals surface area contributed by atoms with Crippen molar-refractivity contribution in [3.8, 4) is 0 Å². The highest BCUT2D eigenvalue weighted by Gasteiger charge is 2.05. The van der Waals surface area contributed by atoms with Crippen LogP contribution in [0.3, 0.4) is 0 Å². The average Bonchev–Trinajstić information content (AvgIpc) is 2.36. The Morgan fingerprint density at radius 2 is 1.83 bits per heavy atom. The molecule has 0 rings (SSSR count). The van der Waals surface area contributed by atoms with Crippen molar-refractivity contribution in [1.82, 2.24) is 0 Å². The molecule has 0 aliphatic rings. The highest BCUT2D eigenvalue weighted by Crippen LogP contribution is 2.06. The average molecular weight is 260 g/mol. The fraction of sp³-hybridized carbons (Fsp3) is 0.929. The first-order chi connectivity index (χ1) is 8.74. The van der Waals surface area contributed by atoms with Gasteiger partial charge in [0.25, 0.3) is 0 Å². The smallest absolute Gasteiger partial charge is 0.305 e. The van der Waals surface area contributed by atoms with Gasteiger partial charge < -0.3 is 14.2 Å². The molecule has 0 saturated carbocycles. The van der Waals surface area contributed by atoms with E-state index in [1.54, 1.807) is 7.11 Å². The van der Waals surface area contributed by atoms with E-state index in [1.807, 2.05) is 6.92 Å². The molecule has 0 radical (unpaired) electrons. The van der Waals surface area contributed by atoms with Crippen LogP contribution in [0.4, 0.5) is 0 Å². The molecule has 0 aliphatic carbocycles. The monoisotopic (exact) mass is 260 g/mol. The van der Waals surface area contributed by atoms with Gasteiger partial charge in [0.05, 0.1) is 19.3 Å². The third kappa shape index (κ3) is 10.5. The molecule has 0 fully saturated rings. The Kier molecular flexibility index (Phi) is 12.4. The normalized spacial score (nSPS) is 12.4. The summed E-state index contributed by atoms with van der Waals surface area (Å²) < 4.78 is 15.6. The van der Waals surface area contributed by atoms with Gasteiger partial charge in [-0.3, -0.25) is 4.79 Å². The lowest BCUT2D eigenvalue weighted by molar-refractivity contribution is -0.143. The van der Waals surface area contributed by atoms with E-state index in [4.69, 9.17) is 14.2 Å². The third-order valence-electron chi connectivity index (χ3n) is 2.74. The van der Waals surface area contributed by atoms with E-state index in [0.717, 1.165) is 38.7 Å². The standard InChI is InChI=1S/C14H28O4/c1-4-13(12-16-3)18-11-9-7-6-8-10-14(15)17-5-2/h13H,4-12H2,1-3H3. The van der Waals surface area contributed by atoms with Gasteiger partial charge in [-0.25, -0.2) is 0 Å². The van der Waals surface area contributed by atoms with Crippen LogP contribution in [-0.2, 0) is 19.0 Å². The van der Waals surface area contributed by atoms with Crippen molar-refractivity contribution in [2.45, 2.75) is 58.5 Å². The van der Waals surface area contributed by atoms with Crippen molar-refractivity contribution >= 4 is 5.97 Å². The van der Waals surface area contributed by atoms with Gasteiger partial charge >= 0.3 is 5.97 Å². The lowest BCUT2D eigenvalue weighted by Crippen LogP contribution is -2.18. The van der Waals surface area contributed by atoms with E-state index in [-0.39, 0.29) is 12.1 Å². The third-order valence-corrected chi connectivity index (χ3v) is 2.74. The van der Waals surface area contributed by atoms with E-state index in [0.29, 0.717) is 19.6 Å². The fourth-order valence-electron chi connectivity index (χ4n) is 1.68. The molecule has 0 amide bonds. The van der Waals surface area contributed by atoms with Crippen LogP contribution in [0, 0.1) is 0 Å². The second-order valence-corrected chi connectivity index (χ2v) is 4.33. The van der Waals surface area contributed by atoms with Crippen LogP contribution in [0.2, 0.25) is 0 Å². The summed E-state index contributed by atoms with van der Waals surface area (Å²) in [5, 5.41) is 0. The van der Waals surface area contributed by atoms with E-state index >= 15 is 0 Å². The number of methoxy groups -OCH3 is 1. The van der Waals surface area contributed by atoms with Crippen LogP contribution in [-0.4, -0.2) is 39.0 Å². The Morgan fingerprint density at radius 1 is 1.11 bits per heavy atom. The molecule has 0 aromatic heterocycles. The molecule has 1 atom stereocenters. The summed E-state index contributed by atoms with van der Waals surface area (Å²) >= 11 is 0. The largest absolute Gasteiger partial charge is 0.466 e. The van der Waals surface area contributed by atoms with Crippen molar-refractivity contribution in [3.63, 3.8) is 0 Å². The van der Waals surface area contributed by atoms with Gasteiger partial charge in [0.1, 0.15) is 0 Å². The van der Waals surface area contributed by atoms with Crippen LogP contribution in [0.15, 0.2) is 0 Å². The summed E-state index contributed by atoms with van der Waals surface area (Å²) in [5.41, 5.74) is 0. The zero-order chi connectivity index (χ0) is 13.6. The highest BCUT2D eigenvalue weighted by molar-refractivity contribution is 5.69. The second-order valence-electron chi connectivity index (χ2n) is 4.33. The van der Waals surface area contributed by atoms with Crippen molar-refractivity contribution in [3.05, 3.63) is 0 Å². The van der Waals surface area contributed by atoms with E-state index in [9.17, 15) is 4.79 Å². The number of ether oxygens (including phenoxy) is 3. The van der Waals surface area contributed by atoms with Crippen LogP contribution in [0.1, 0.15) is 52.4 Å². The zero-order valence-corrected chi connectivity index (χ0v) is 12.1. The predicted octanol–water partition coefficient (Wildman–Crippen LogP) is 2.94. The molecular formula is C14H28O4. The molecule has 4 nitrogen and oxygen atoms in total. The topological polar surface area (TPSA) is 44.8 Å². The molecule has 18 heavy (non-hydrogen) atoms. The van der Waals surface area contributed by atoms with Crippen LogP contribution < -0.4 is 0 Å². The first kappa shape index (κ1) is 17.4. The molecule has 108 valence electrons. The minimum absolute atomic E-state index is 0.0834. The van der Waals surface area contributed by atoms with E-state index < -0.39 is 0 Å². The van der Waals surface area contributed by atoms with Crippen LogP contribution in [0.5, 0.6) is 0 Å². The molecule has 0 heterocycles. The summed E-state index contributed by atoms with van der Waals surface area (Å²) in [7, 11) is 1.70. The lowest BCUT2D eigenvalue weighted by atomic mass is 10.1. The van der Waals surface area contributed by atoms with Crippen molar-refractivity contribution in [2.24, 2.45) is 0 Å². The number of hydrogen-bond acceptors (Lipinski definition) is 4. The van der Waals surface area contributed by atoms with Gasteiger partial charge in [0.2, 0.25) is 0 Å². The summed E-state index contributed by atoms with van der Waals surface area (Å²) in [4.78, 5) is 11.1. The minimum atomic E-state index is -0.0834. The summed E-state index contributed by atoms with van der Waals surface area (Å²) in [6.45, 7) is 5.85. The van der Waals surface area contributed by atoms with Gasteiger partial charge in [-0.2, -0.15) is 0 Å². The highest BCUT2D eigenvalue weighted by atomic mass is 16.5. The first-order valence-electron chi connectivity index (χ1n) is 7.00. The summed E-state index contributed by atoms with van der Waals surface area (Å²) in [6, 6.07) is 0. The number of unbranched alkanes of at least 4 members (excludes halogenated alkanes) is 3. The molecule has 0 aromatic rings. The number of carbonyl (C=O) groups is 1. The van der Waals surface area contributed by atoms with Gasteiger partial charge in [-0.05, 0) is 26.2 Å². The maximum Gasteiger partial charge on any atom is 0.305 e. The minimum Gasteiger partial charge on any atom is -0.466 e.